The Morgan fingerprint density at radius 2 is 1.87 bits per heavy atom. The molecule has 2 aliphatic carbocycles. The number of hydrogen-bond donors (Lipinski definition) is 0. The Bertz CT molecular complexity index is 623. The van der Waals surface area contributed by atoms with E-state index in [2.05, 4.69) is 4.90 Å². The molecule has 1 heterocycles. The molecule has 3 fully saturated rings. The number of likely N-dealkylation sites (tertiary alicyclic amines) is 1. The Morgan fingerprint density at radius 3 is 2.43 bits per heavy atom. The molecule has 4 nitrogen and oxygen atoms in total. The van der Waals surface area contributed by atoms with Gasteiger partial charge in [-0.2, -0.15) is 0 Å². The lowest BCUT2D eigenvalue weighted by molar-refractivity contribution is -0.155. The van der Waals surface area contributed by atoms with Crippen LogP contribution in [0.1, 0.15) is 44.6 Å². The fourth-order valence-electron chi connectivity index (χ4n) is 4.76. The minimum atomic E-state index is -0.713. The van der Waals surface area contributed by atoms with Crippen molar-refractivity contribution >= 4 is 11.9 Å². The molecule has 0 aromatic heterocycles. The summed E-state index contributed by atoms with van der Waals surface area (Å²) in [6.07, 6.45) is 5.97. The highest BCUT2D eigenvalue weighted by molar-refractivity contribution is 5.89. The largest absolute Gasteiger partial charge is 0.453 e. The van der Waals surface area contributed by atoms with E-state index in [4.69, 9.17) is 4.74 Å². The van der Waals surface area contributed by atoms with Crippen LogP contribution in [0.5, 0.6) is 0 Å². The van der Waals surface area contributed by atoms with E-state index in [0.717, 1.165) is 24.9 Å². The highest BCUT2D eigenvalue weighted by Gasteiger charge is 2.77. The smallest absolute Gasteiger partial charge is 0.303 e. The van der Waals surface area contributed by atoms with Crippen molar-refractivity contribution < 1.29 is 14.3 Å². The van der Waals surface area contributed by atoms with Gasteiger partial charge in [0.25, 0.3) is 0 Å². The van der Waals surface area contributed by atoms with Crippen LogP contribution < -0.4 is 0 Å². The monoisotopic (exact) mass is 313 g/mol. The van der Waals surface area contributed by atoms with Crippen LogP contribution in [0, 0.1) is 11.8 Å². The Hall–Kier alpha value is -1.84. The Kier molecular flexibility index (Phi) is 3.43. The number of hydrogen-bond acceptors (Lipinski definition) is 3. The molecule has 0 spiro atoms. The molecule has 122 valence electrons. The number of esters is 1. The lowest BCUT2D eigenvalue weighted by Crippen LogP contribution is -2.43. The number of carbonyl (C=O) groups is 2. The first-order chi connectivity index (χ1) is 11.1. The number of nitrogens with zero attached hydrogens (tertiary/aromatic N) is 1. The van der Waals surface area contributed by atoms with Crippen LogP contribution >= 0.6 is 0 Å². The number of amides is 1. The Balaban J connectivity index is 1.59. The third-order valence-electron chi connectivity index (χ3n) is 5.80. The zero-order valence-corrected chi connectivity index (χ0v) is 13.5. The second-order valence-corrected chi connectivity index (χ2v) is 7.12. The topological polar surface area (TPSA) is 46.6 Å². The zero-order chi connectivity index (χ0) is 16.0. The molecule has 0 bridgehead atoms. The van der Waals surface area contributed by atoms with Gasteiger partial charge in [-0.1, -0.05) is 49.6 Å². The van der Waals surface area contributed by atoms with Gasteiger partial charge in [-0.3, -0.25) is 9.59 Å². The molecule has 3 atom stereocenters. The second kappa shape index (κ2) is 5.36. The van der Waals surface area contributed by atoms with Crippen molar-refractivity contribution in [1.29, 1.82) is 0 Å². The summed E-state index contributed by atoms with van der Waals surface area (Å²) < 4.78 is 5.72. The molecule has 0 N–H and O–H groups in total. The Labute approximate surface area is 136 Å². The number of ether oxygens (including phenoxy) is 1. The summed E-state index contributed by atoms with van der Waals surface area (Å²) in [5, 5.41) is 0. The molecule has 0 radical (unpaired) electrons. The van der Waals surface area contributed by atoms with Crippen molar-refractivity contribution in [3.63, 3.8) is 0 Å². The van der Waals surface area contributed by atoms with Crippen molar-refractivity contribution in [2.75, 3.05) is 6.54 Å². The summed E-state index contributed by atoms with van der Waals surface area (Å²) in [5.41, 5.74) is 0.247. The predicted molar refractivity (Wildman–Crippen MR) is 85.5 cm³/mol. The molecule has 23 heavy (non-hydrogen) atoms. The second-order valence-electron chi connectivity index (χ2n) is 7.12. The van der Waals surface area contributed by atoms with E-state index in [0.29, 0.717) is 6.04 Å². The number of benzene rings is 1. The summed E-state index contributed by atoms with van der Waals surface area (Å²) >= 11 is 0. The van der Waals surface area contributed by atoms with E-state index in [1.165, 1.54) is 26.2 Å². The lowest BCUT2D eigenvalue weighted by Gasteiger charge is -2.35. The van der Waals surface area contributed by atoms with Crippen LogP contribution in [0.4, 0.5) is 0 Å². The highest BCUT2D eigenvalue weighted by atomic mass is 16.6. The number of piperidine rings is 1. The lowest BCUT2D eigenvalue weighted by atomic mass is 9.93. The first kappa shape index (κ1) is 14.7. The van der Waals surface area contributed by atoms with Gasteiger partial charge in [0, 0.05) is 25.4 Å². The van der Waals surface area contributed by atoms with Crippen molar-refractivity contribution in [3.8, 4) is 0 Å². The third kappa shape index (κ3) is 2.19. The molecule has 4 rings (SSSR count). The predicted octanol–water partition coefficient (Wildman–Crippen LogP) is 2.87. The summed E-state index contributed by atoms with van der Waals surface area (Å²) in [6.45, 7) is 2.17. The normalized spacial score (nSPS) is 33.4. The quantitative estimate of drug-likeness (QED) is 0.806. The first-order valence-electron chi connectivity index (χ1n) is 8.70. The van der Waals surface area contributed by atoms with E-state index >= 15 is 0 Å². The standard InChI is InChI=1S/C19H23NO3/c1-13(21)23-19(14-8-4-2-5-9-14)16-12-20(18(22)17(16)19)15-10-6-3-7-11-15/h2,4-5,8-9,15-17H,3,6-7,10-12H2,1H3/t16-,17+,19+/m0/s1. The van der Waals surface area contributed by atoms with Crippen LogP contribution in [0.3, 0.4) is 0 Å². The van der Waals surface area contributed by atoms with Crippen LogP contribution in [0.2, 0.25) is 0 Å². The van der Waals surface area contributed by atoms with Crippen molar-refractivity contribution in [3.05, 3.63) is 35.9 Å². The van der Waals surface area contributed by atoms with Gasteiger partial charge in [0.15, 0.2) is 5.60 Å². The average Bonchev–Trinajstić information content (AvgIpc) is 3.05. The number of carbonyl (C=O) groups excluding carboxylic acids is 2. The first-order valence-corrected chi connectivity index (χ1v) is 8.70. The summed E-state index contributed by atoms with van der Waals surface area (Å²) in [6, 6.07) is 10.2. The van der Waals surface area contributed by atoms with Gasteiger partial charge in [0.1, 0.15) is 0 Å². The molecular weight excluding hydrogens is 290 g/mol. The van der Waals surface area contributed by atoms with Gasteiger partial charge in [-0.25, -0.2) is 0 Å². The number of fused-ring (bicyclic) bond motifs is 1. The molecule has 4 heteroatoms. The van der Waals surface area contributed by atoms with Crippen molar-refractivity contribution in [1.82, 2.24) is 4.90 Å². The average molecular weight is 313 g/mol. The van der Waals surface area contributed by atoms with Gasteiger partial charge < -0.3 is 9.64 Å². The molecule has 3 aliphatic rings. The van der Waals surface area contributed by atoms with E-state index < -0.39 is 5.60 Å². The fraction of sp³-hybridized carbons (Fsp3) is 0.579. The summed E-state index contributed by atoms with van der Waals surface area (Å²) in [4.78, 5) is 26.7. The zero-order valence-electron chi connectivity index (χ0n) is 13.5. The summed E-state index contributed by atoms with van der Waals surface area (Å²) in [7, 11) is 0. The van der Waals surface area contributed by atoms with E-state index in [-0.39, 0.29) is 23.7 Å². The van der Waals surface area contributed by atoms with Gasteiger partial charge in [-0.05, 0) is 18.4 Å². The fourth-order valence-corrected chi connectivity index (χ4v) is 4.76. The minimum absolute atomic E-state index is 0.114. The van der Waals surface area contributed by atoms with Crippen molar-refractivity contribution in [2.45, 2.75) is 50.7 Å². The van der Waals surface area contributed by atoms with Crippen LogP contribution in [-0.4, -0.2) is 29.4 Å². The van der Waals surface area contributed by atoms with Crippen molar-refractivity contribution in [2.24, 2.45) is 11.8 Å². The van der Waals surface area contributed by atoms with E-state index in [9.17, 15) is 9.59 Å². The van der Waals surface area contributed by atoms with Gasteiger partial charge in [-0.15, -0.1) is 0 Å². The molecule has 1 saturated heterocycles. The molecule has 1 aromatic rings. The molecule has 1 aromatic carbocycles. The minimum Gasteiger partial charge on any atom is -0.453 e. The van der Waals surface area contributed by atoms with Gasteiger partial charge in [0.05, 0.1) is 5.92 Å². The molecule has 1 aliphatic heterocycles. The van der Waals surface area contributed by atoms with Gasteiger partial charge in [0.2, 0.25) is 5.91 Å². The van der Waals surface area contributed by atoms with Crippen LogP contribution in [0.15, 0.2) is 30.3 Å². The maximum absolute atomic E-state index is 13.0. The third-order valence-corrected chi connectivity index (χ3v) is 5.80. The Morgan fingerprint density at radius 1 is 1.17 bits per heavy atom. The van der Waals surface area contributed by atoms with Crippen LogP contribution in [0.25, 0.3) is 0 Å². The van der Waals surface area contributed by atoms with E-state index in [1.807, 2.05) is 30.3 Å². The highest BCUT2D eigenvalue weighted by Crippen LogP contribution is 2.65. The molecular formula is C19H23NO3. The molecule has 1 amide bonds. The van der Waals surface area contributed by atoms with E-state index in [1.54, 1.807) is 0 Å². The summed E-state index contributed by atoms with van der Waals surface area (Å²) in [5.74, 6) is -0.189. The number of rotatable bonds is 3. The van der Waals surface area contributed by atoms with Crippen LogP contribution in [-0.2, 0) is 19.9 Å². The molecule has 2 saturated carbocycles. The maximum Gasteiger partial charge on any atom is 0.303 e. The maximum atomic E-state index is 13.0. The molecule has 0 unspecified atom stereocenters. The van der Waals surface area contributed by atoms with Gasteiger partial charge >= 0.3 is 5.97 Å². The SMILES string of the molecule is CC(=O)O[C@]1(c2ccccc2)[C@H]2CN(C3CCCCC3)C(=O)[C@@H]21.